The number of rotatable bonds is 1. The van der Waals surface area contributed by atoms with E-state index in [-0.39, 0.29) is 11.9 Å². The van der Waals surface area contributed by atoms with E-state index < -0.39 is 0 Å². The molecule has 0 spiro atoms. The van der Waals surface area contributed by atoms with Gasteiger partial charge >= 0.3 is 0 Å². The van der Waals surface area contributed by atoms with E-state index in [0.717, 1.165) is 27.7 Å². The Morgan fingerprint density at radius 3 is 2.83 bits per heavy atom. The lowest BCUT2D eigenvalue weighted by Crippen LogP contribution is -2.26. The number of hydrogen-bond acceptors (Lipinski definition) is 4. The van der Waals surface area contributed by atoms with Gasteiger partial charge in [0.1, 0.15) is 5.82 Å². The Bertz CT molecular complexity index is 885. The zero-order chi connectivity index (χ0) is 16.0. The van der Waals surface area contributed by atoms with E-state index in [9.17, 15) is 4.39 Å². The van der Waals surface area contributed by atoms with Crippen molar-refractivity contribution in [2.75, 3.05) is 11.8 Å². The largest absolute Gasteiger partial charge is 0.314 e. The second-order valence-electron chi connectivity index (χ2n) is 5.42. The van der Waals surface area contributed by atoms with Crippen molar-refractivity contribution >= 4 is 40.3 Å². The monoisotopic (exact) mass is 345 g/mol. The molecule has 1 aromatic heterocycles. The van der Waals surface area contributed by atoms with Gasteiger partial charge in [-0.3, -0.25) is 4.98 Å². The van der Waals surface area contributed by atoms with E-state index in [1.807, 2.05) is 37.4 Å². The van der Waals surface area contributed by atoms with Crippen LogP contribution in [0.3, 0.4) is 0 Å². The summed E-state index contributed by atoms with van der Waals surface area (Å²) >= 11 is 7.96. The maximum atomic E-state index is 13.3. The van der Waals surface area contributed by atoms with Gasteiger partial charge in [0, 0.05) is 36.3 Å². The molecule has 0 amide bonds. The third kappa shape index (κ3) is 2.45. The first-order chi connectivity index (χ1) is 11.1. The highest BCUT2D eigenvalue weighted by Crippen LogP contribution is 2.45. The molecular weight excluding hydrogens is 333 g/mol. The van der Waals surface area contributed by atoms with Crippen molar-refractivity contribution in [1.29, 1.82) is 0 Å². The number of anilines is 1. The van der Waals surface area contributed by atoms with E-state index in [1.54, 1.807) is 6.20 Å². The van der Waals surface area contributed by atoms with Gasteiger partial charge in [-0.15, -0.1) is 0 Å². The lowest BCUT2D eigenvalue weighted by atomic mass is 9.95. The Morgan fingerprint density at radius 1 is 1.26 bits per heavy atom. The molecule has 2 aromatic carbocycles. The van der Waals surface area contributed by atoms with Crippen LogP contribution in [0.1, 0.15) is 17.2 Å². The molecule has 0 aliphatic carbocycles. The third-order valence-corrected chi connectivity index (χ3v) is 5.12. The fourth-order valence-electron chi connectivity index (χ4n) is 2.94. The van der Waals surface area contributed by atoms with Crippen molar-refractivity contribution in [3.63, 3.8) is 0 Å². The highest BCUT2D eigenvalue weighted by atomic mass is 35.5. The van der Waals surface area contributed by atoms with Crippen LogP contribution in [-0.2, 0) is 0 Å². The number of fused-ring (bicyclic) bond motifs is 3. The minimum atomic E-state index is -0.239. The summed E-state index contributed by atoms with van der Waals surface area (Å²) in [5.41, 5.74) is 3.86. The van der Waals surface area contributed by atoms with Crippen LogP contribution in [0.25, 0.3) is 10.9 Å². The molecule has 0 fully saturated rings. The second-order valence-corrected chi connectivity index (χ2v) is 6.79. The zero-order valence-electron chi connectivity index (χ0n) is 12.3. The molecule has 1 unspecified atom stereocenters. The van der Waals surface area contributed by atoms with Gasteiger partial charge in [-0.2, -0.15) is 0 Å². The van der Waals surface area contributed by atoms with E-state index >= 15 is 0 Å². The molecule has 6 heteroatoms. The highest BCUT2D eigenvalue weighted by Gasteiger charge is 2.29. The molecule has 0 radical (unpaired) electrons. The fourth-order valence-corrected chi connectivity index (χ4v) is 4.00. The van der Waals surface area contributed by atoms with Crippen molar-refractivity contribution < 1.29 is 4.39 Å². The molecule has 0 saturated carbocycles. The summed E-state index contributed by atoms with van der Waals surface area (Å²) in [7, 11) is 1.99. The predicted molar refractivity (Wildman–Crippen MR) is 94.0 cm³/mol. The minimum absolute atomic E-state index is 0.0271. The minimum Gasteiger partial charge on any atom is -0.314 e. The maximum absolute atomic E-state index is 13.3. The number of halogens is 2. The van der Waals surface area contributed by atoms with E-state index in [0.29, 0.717) is 5.02 Å². The summed E-state index contributed by atoms with van der Waals surface area (Å²) in [6.45, 7) is 0. The lowest BCUT2D eigenvalue weighted by Gasteiger charge is -2.34. The Kier molecular flexibility index (Phi) is 3.64. The molecule has 0 bridgehead atoms. The standard InChI is InChI=1S/C17H13ClFN3S/c1-22-17(10-4-6-11(19)7-5-10)13-9-14(18)12-3-2-8-20-15(12)16(13)21-23-22/h2-9,17,21H,1H3. The normalized spacial score (nSPS) is 17.8. The maximum Gasteiger partial charge on any atom is 0.123 e. The van der Waals surface area contributed by atoms with E-state index in [4.69, 9.17) is 11.6 Å². The lowest BCUT2D eigenvalue weighted by molar-refractivity contribution is 0.478. The summed E-state index contributed by atoms with van der Waals surface area (Å²) < 4.78 is 18.7. The summed E-state index contributed by atoms with van der Waals surface area (Å²) in [5.74, 6) is -0.239. The topological polar surface area (TPSA) is 28.2 Å². The molecule has 3 nitrogen and oxygen atoms in total. The molecule has 3 aromatic rings. The van der Waals surface area contributed by atoms with Crippen molar-refractivity contribution in [3.8, 4) is 0 Å². The first-order valence-electron chi connectivity index (χ1n) is 7.13. The molecular formula is C17H13ClFN3S. The summed E-state index contributed by atoms with van der Waals surface area (Å²) in [6.07, 6.45) is 1.76. The van der Waals surface area contributed by atoms with Gasteiger partial charge in [0.05, 0.1) is 22.3 Å². The number of pyridine rings is 1. The second kappa shape index (κ2) is 5.67. The van der Waals surface area contributed by atoms with E-state index in [1.165, 1.54) is 24.3 Å². The molecule has 116 valence electrons. The number of nitrogens with one attached hydrogen (secondary N) is 1. The Hall–Kier alpha value is -1.82. The molecule has 0 saturated heterocycles. The molecule has 1 aliphatic rings. The first-order valence-corrected chi connectivity index (χ1v) is 8.28. The SMILES string of the molecule is CN1SNc2c(cc(Cl)c3cccnc23)C1c1ccc(F)cc1. The molecule has 23 heavy (non-hydrogen) atoms. The number of hydrogen-bond donors (Lipinski definition) is 1. The van der Waals surface area contributed by atoms with Gasteiger partial charge < -0.3 is 4.72 Å². The van der Waals surface area contributed by atoms with Crippen molar-refractivity contribution in [1.82, 2.24) is 9.29 Å². The van der Waals surface area contributed by atoms with Gasteiger partial charge in [0.15, 0.2) is 0 Å². The average Bonchev–Trinajstić information content (AvgIpc) is 2.56. The Morgan fingerprint density at radius 2 is 2.04 bits per heavy atom. The molecule has 4 rings (SSSR count). The first kappa shape index (κ1) is 14.8. The fraction of sp³-hybridized carbons (Fsp3) is 0.118. The van der Waals surface area contributed by atoms with Crippen LogP contribution in [0.2, 0.25) is 5.02 Å². The Balaban J connectivity index is 1.96. The van der Waals surface area contributed by atoms with Crippen LogP contribution in [0.15, 0.2) is 48.7 Å². The third-order valence-electron chi connectivity index (χ3n) is 4.01. The Labute approximate surface area is 142 Å². The van der Waals surface area contributed by atoms with Crippen molar-refractivity contribution in [2.45, 2.75) is 6.04 Å². The molecule has 1 N–H and O–H groups in total. The van der Waals surface area contributed by atoms with Crippen molar-refractivity contribution in [2.24, 2.45) is 0 Å². The quantitative estimate of drug-likeness (QED) is 0.625. The van der Waals surface area contributed by atoms with Gasteiger partial charge in [-0.1, -0.05) is 23.7 Å². The van der Waals surface area contributed by atoms with Gasteiger partial charge in [-0.05, 0) is 35.9 Å². The van der Waals surface area contributed by atoms with Crippen LogP contribution < -0.4 is 4.72 Å². The number of benzene rings is 2. The van der Waals surface area contributed by atoms with Gasteiger partial charge in [0.25, 0.3) is 0 Å². The molecule has 1 aliphatic heterocycles. The number of nitrogens with zero attached hydrogens (tertiary/aromatic N) is 2. The zero-order valence-corrected chi connectivity index (χ0v) is 13.8. The van der Waals surface area contributed by atoms with Gasteiger partial charge in [0.2, 0.25) is 0 Å². The summed E-state index contributed by atoms with van der Waals surface area (Å²) in [5, 5.41) is 1.59. The molecule has 2 heterocycles. The van der Waals surface area contributed by atoms with Gasteiger partial charge in [-0.25, -0.2) is 8.70 Å². The van der Waals surface area contributed by atoms with Crippen LogP contribution in [0, 0.1) is 5.82 Å². The molecule has 1 atom stereocenters. The average molecular weight is 346 g/mol. The predicted octanol–water partition coefficient (Wildman–Crippen LogP) is 5.04. The smallest absolute Gasteiger partial charge is 0.123 e. The van der Waals surface area contributed by atoms with Crippen LogP contribution >= 0.6 is 23.7 Å². The highest BCUT2D eigenvalue weighted by molar-refractivity contribution is 7.98. The number of aromatic nitrogens is 1. The van der Waals surface area contributed by atoms with Crippen LogP contribution in [0.5, 0.6) is 0 Å². The van der Waals surface area contributed by atoms with Crippen LogP contribution in [-0.4, -0.2) is 16.3 Å². The summed E-state index contributed by atoms with van der Waals surface area (Å²) in [6, 6.07) is 12.4. The van der Waals surface area contributed by atoms with Crippen molar-refractivity contribution in [3.05, 3.63) is 70.6 Å². The van der Waals surface area contributed by atoms with E-state index in [2.05, 4.69) is 14.0 Å². The van der Waals surface area contributed by atoms with Crippen LogP contribution in [0.4, 0.5) is 10.1 Å². The summed E-state index contributed by atoms with van der Waals surface area (Å²) in [4.78, 5) is 4.48.